The fourth-order valence-corrected chi connectivity index (χ4v) is 4.89. The lowest BCUT2D eigenvalue weighted by Crippen LogP contribution is -2.29. The summed E-state index contributed by atoms with van der Waals surface area (Å²) in [7, 11) is 0. The van der Waals surface area contributed by atoms with Crippen molar-refractivity contribution in [3.8, 4) is 33.4 Å². The van der Waals surface area contributed by atoms with E-state index in [0.29, 0.717) is 0 Å². The molecule has 6 rings (SSSR count). The second-order valence-electron chi connectivity index (χ2n) is 7.90. The van der Waals surface area contributed by atoms with Gasteiger partial charge < -0.3 is 4.90 Å². The second-order valence-corrected chi connectivity index (χ2v) is 7.90. The van der Waals surface area contributed by atoms with Crippen LogP contribution >= 0.6 is 0 Å². The first-order chi connectivity index (χ1) is 13.8. The number of hydrogen-bond acceptors (Lipinski definition) is 1. The summed E-state index contributed by atoms with van der Waals surface area (Å²) in [6.45, 7) is 4.15. The molecule has 0 aliphatic carbocycles. The molecule has 134 valence electrons. The van der Waals surface area contributed by atoms with Gasteiger partial charge in [0, 0.05) is 24.2 Å². The summed E-state index contributed by atoms with van der Waals surface area (Å²) in [6, 6.07) is 31.3. The van der Waals surface area contributed by atoms with Crippen LogP contribution in [0, 0.1) is 6.92 Å². The number of para-hydroxylation sites is 1. The molecule has 4 aromatic rings. The summed E-state index contributed by atoms with van der Waals surface area (Å²) >= 11 is 0. The minimum atomic E-state index is 0.974. The van der Waals surface area contributed by atoms with Gasteiger partial charge in [0.15, 0.2) is 0 Å². The largest absolute Gasteiger partial charge is 0.362 e. The number of benzene rings is 4. The molecule has 0 aromatic heterocycles. The van der Waals surface area contributed by atoms with Gasteiger partial charge in [0.25, 0.3) is 0 Å². The molecule has 0 spiro atoms. The summed E-state index contributed by atoms with van der Waals surface area (Å²) in [5.74, 6) is 0. The molecule has 2 aliphatic rings. The number of hydrogen-bond donors (Lipinski definition) is 0. The maximum atomic E-state index is 2.54. The van der Waals surface area contributed by atoms with Gasteiger partial charge in [0.2, 0.25) is 0 Å². The van der Waals surface area contributed by atoms with Crippen LogP contribution in [-0.2, 0) is 13.1 Å². The molecule has 0 saturated carbocycles. The number of fused-ring (bicyclic) bond motifs is 4. The maximum absolute atomic E-state index is 2.54. The first-order valence-electron chi connectivity index (χ1n) is 9.95. The molecule has 0 saturated heterocycles. The highest BCUT2D eigenvalue weighted by Gasteiger charge is 2.29. The first kappa shape index (κ1) is 15.7. The lowest BCUT2D eigenvalue weighted by molar-refractivity contribution is 0.785. The smallest absolute Gasteiger partial charge is 0.0531 e. The lowest BCUT2D eigenvalue weighted by atomic mass is 9.84. The Kier molecular flexibility index (Phi) is 3.28. The Bertz CT molecular complexity index is 1230. The molecular weight excluding hydrogens is 338 g/mol. The van der Waals surface area contributed by atoms with Crippen molar-refractivity contribution < 1.29 is 0 Å². The summed E-state index contributed by atoms with van der Waals surface area (Å²) in [5, 5.41) is 0. The van der Waals surface area contributed by atoms with Crippen molar-refractivity contribution in [2.75, 3.05) is 4.90 Å². The van der Waals surface area contributed by atoms with Crippen molar-refractivity contribution in [1.82, 2.24) is 0 Å². The highest BCUT2D eigenvalue weighted by Crippen LogP contribution is 2.49. The molecule has 2 aliphatic heterocycles. The van der Waals surface area contributed by atoms with E-state index >= 15 is 0 Å². The zero-order valence-electron chi connectivity index (χ0n) is 15.9. The van der Waals surface area contributed by atoms with E-state index in [2.05, 4.69) is 96.8 Å². The molecule has 2 heterocycles. The Morgan fingerprint density at radius 2 is 1.21 bits per heavy atom. The molecule has 0 fully saturated rings. The van der Waals surface area contributed by atoms with Crippen LogP contribution in [0.25, 0.3) is 33.4 Å². The third-order valence-corrected chi connectivity index (χ3v) is 6.24. The predicted octanol–water partition coefficient (Wildman–Crippen LogP) is 6.83. The third kappa shape index (κ3) is 2.20. The van der Waals surface area contributed by atoms with Crippen molar-refractivity contribution in [2.45, 2.75) is 20.0 Å². The SMILES string of the molecule is Cc1ccccc1-c1ccc2c(c1)-c1cccc3c1N(Cc1ccccc1-3)C2. The van der Waals surface area contributed by atoms with Crippen molar-refractivity contribution in [3.05, 3.63) is 102 Å². The van der Waals surface area contributed by atoms with E-state index in [4.69, 9.17) is 0 Å². The predicted molar refractivity (Wildman–Crippen MR) is 117 cm³/mol. The zero-order chi connectivity index (χ0) is 18.7. The zero-order valence-corrected chi connectivity index (χ0v) is 15.9. The highest BCUT2D eigenvalue weighted by atomic mass is 15.1. The monoisotopic (exact) mass is 359 g/mol. The Morgan fingerprint density at radius 1 is 0.571 bits per heavy atom. The summed E-state index contributed by atoms with van der Waals surface area (Å²) in [4.78, 5) is 2.54. The Hall–Kier alpha value is -3.32. The average Bonchev–Trinajstić information content (AvgIpc) is 2.74. The highest BCUT2D eigenvalue weighted by molar-refractivity contribution is 5.97. The van der Waals surface area contributed by atoms with Crippen LogP contribution in [0.15, 0.2) is 84.9 Å². The van der Waals surface area contributed by atoms with E-state index in [0.717, 1.165) is 13.1 Å². The van der Waals surface area contributed by atoms with Crippen LogP contribution in [0.5, 0.6) is 0 Å². The van der Waals surface area contributed by atoms with Gasteiger partial charge in [0.1, 0.15) is 0 Å². The molecule has 28 heavy (non-hydrogen) atoms. The van der Waals surface area contributed by atoms with Crippen molar-refractivity contribution >= 4 is 5.69 Å². The molecule has 0 atom stereocenters. The van der Waals surface area contributed by atoms with Gasteiger partial charge in [-0.15, -0.1) is 0 Å². The van der Waals surface area contributed by atoms with E-state index in [-0.39, 0.29) is 0 Å². The van der Waals surface area contributed by atoms with E-state index in [1.807, 2.05) is 0 Å². The topological polar surface area (TPSA) is 3.24 Å². The maximum Gasteiger partial charge on any atom is 0.0531 e. The molecule has 0 unspecified atom stereocenters. The Labute approximate surface area is 165 Å². The fourth-order valence-electron chi connectivity index (χ4n) is 4.89. The van der Waals surface area contributed by atoms with E-state index < -0.39 is 0 Å². The normalized spacial score (nSPS) is 13.5. The van der Waals surface area contributed by atoms with E-state index in [9.17, 15) is 0 Å². The average molecular weight is 359 g/mol. The van der Waals surface area contributed by atoms with Crippen LogP contribution in [0.1, 0.15) is 16.7 Å². The minimum Gasteiger partial charge on any atom is -0.362 e. The Balaban J connectivity index is 1.58. The molecule has 1 nitrogen and oxygen atoms in total. The molecule has 0 radical (unpaired) electrons. The number of nitrogens with zero attached hydrogens (tertiary/aromatic N) is 1. The minimum absolute atomic E-state index is 0.974. The lowest BCUT2D eigenvalue weighted by Gasteiger charge is -2.38. The van der Waals surface area contributed by atoms with Gasteiger partial charge in [-0.1, -0.05) is 78.9 Å². The fraction of sp³-hybridized carbons (Fsp3) is 0.111. The van der Waals surface area contributed by atoms with Crippen molar-refractivity contribution in [1.29, 1.82) is 0 Å². The van der Waals surface area contributed by atoms with Gasteiger partial charge in [-0.3, -0.25) is 0 Å². The van der Waals surface area contributed by atoms with E-state index in [1.165, 1.54) is 55.8 Å². The quantitative estimate of drug-likeness (QED) is 0.360. The molecule has 1 heteroatoms. The van der Waals surface area contributed by atoms with Gasteiger partial charge in [0.05, 0.1) is 5.69 Å². The van der Waals surface area contributed by atoms with Gasteiger partial charge in [-0.25, -0.2) is 0 Å². The van der Waals surface area contributed by atoms with Crippen LogP contribution in [0.4, 0.5) is 5.69 Å². The van der Waals surface area contributed by atoms with Gasteiger partial charge in [-0.05, 0) is 51.9 Å². The first-order valence-corrected chi connectivity index (χ1v) is 9.95. The summed E-state index contributed by atoms with van der Waals surface area (Å²) < 4.78 is 0. The van der Waals surface area contributed by atoms with E-state index in [1.54, 1.807) is 0 Å². The standard InChI is InChI=1S/C27H21N/c1-18-7-2-4-9-22(18)19-13-14-21-17-28-16-20-8-3-5-10-23(20)24-11-6-12-25(27(24)28)26(21)15-19/h2-15H,16-17H2,1H3. The molecule has 0 bridgehead atoms. The van der Waals surface area contributed by atoms with Gasteiger partial charge >= 0.3 is 0 Å². The molecule has 0 amide bonds. The number of rotatable bonds is 1. The summed E-state index contributed by atoms with van der Waals surface area (Å²) in [6.07, 6.45) is 0. The van der Waals surface area contributed by atoms with Crippen molar-refractivity contribution in [3.63, 3.8) is 0 Å². The van der Waals surface area contributed by atoms with Crippen LogP contribution < -0.4 is 4.90 Å². The summed E-state index contributed by atoms with van der Waals surface area (Å²) in [5.41, 5.74) is 13.7. The molecular formula is C27H21N. The Morgan fingerprint density at radius 3 is 2.04 bits per heavy atom. The molecule has 0 N–H and O–H groups in total. The van der Waals surface area contributed by atoms with Crippen LogP contribution in [-0.4, -0.2) is 0 Å². The van der Waals surface area contributed by atoms with Crippen molar-refractivity contribution in [2.24, 2.45) is 0 Å². The number of aryl methyl sites for hydroxylation is 1. The van der Waals surface area contributed by atoms with Gasteiger partial charge in [-0.2, -0.15) is 0 Å². The third-order valence-electron chi connectivity index (χ3n) is 6.24. The second kappa shape index (κ2) is 5.84. The van der Waals surface area contributed by atoms with Crippen LogP contribution in [0.3, 0.4) is 0 Å². The number of anilines is 1. The molecule has 4 aromatic carbocycles. The van der Waals surface area contributed by atoms with Crippen LogP contribution in [0.2, 0.25) is 0 Å².